The molecule has 0 saturated heterocycles. The second-order valence-electron chi connectivity index (χ2n) is 10.3. The van der Waals surface area contributed by atoms with E-state index in [0.717, 1.165) is 16.7 Å². The molecule has 0 radical (unpaired) electrons. The van der Waals surface area contributed by atoms with E-state index < -0.39 is 17.1 Å². The first kappa shape index (κ1) is 25.3. The number of rotatable bonds is 8. The lowest BCUT2D eigenvalue weighted by molar-refractivity contribution is -0.162. The third kappa shape index (κ3) is 5.39. The second-order valence-corrected chi connectivity index (χ2v) is 10.3. The number of amides is 2. The second kappa shape index (κ2) is 10.1. The van der Waals surface area contributed by atoms with Crippen LogP contribution in [0.3, 0.4) is 0 Å². The molecule has 0 fully saturated rings. The fourth-order valence-electron chi connectivity index (χ4n) is 4.55. The number of imide groups is 1. The first-order valence-corrected chi connectivity index (χ1v) is 12.2. The van der Waals surface area contributed by atoms with Gasteiger partial charge in [-0.15, -0.1) is 0 Å². The van der Waals surface area contributed by atoms with Crippen molar-refractivity contribution >= 4 is 17.8 Å². The number of nitrogens with two attached hydrogens (primary N) is 1. The molecule has 6 nitrogen and oxygen atoms in total. The molecule has 2 amide bonds. The van der Waals surface area contributed by atoms with Crippen LogP contribution in [-0.4, -0.2) is 40.4 Å². The van der Waals surface area contributed by atoms with Crippen LogP contribution in [0.4, 0.5) is 0 Å². The van der Waals surface area contributed by atoms with Crippen molar-refractivity contribution in [3.63, 3.8) is 0 Å². The SMILES string of the molecule is CC(C)(C)OC(=O)C(N)(CCCN1C(=O)c2ccccc2C1=O)Cc1ccccc1-c1ccccc1. The Balaban J connectivity index is 1.56. The van der Waals surface area contributed by atoms with Crippen LogP contribution in [0.5, 0.6) is 0 Å². The Labute approximate surface area is 212 Å². The number of esters is 1. The van der Waals surface area contributed by atoms with E-state index >= 15 is 0 Å². The molecular weight excluding hydrogens is 452 g/mol. The lowest BCUT2D eigenvalue weighted by Crippen LogP contribution is -2.53. The standard InChI is InChI=1S/C30H32N2O4/c1-29(2,3)36-28(35)30(31,20-22-14-7-8-15-23(22)21-12-5-4-6-13-21)18-11-19-32-26(33)24-16-9-10-17-25(24)27(32)34/h4-10,12-17H,11,18-20,31H2,1-3H3. The molecule has 1 atom stereocenters. The molecule has 1 unspecified atom stereocenters. The maximum absolute atomic E-state index is 13.4. The number of ether oxygens (including phenoxy) is 1. The lowest BCUT2D eigenvalue weighted by atomic mass is 9.84. The van der Waals surface area contributed by atoms with Crippen molar-refractivity contribution in [3.8, 4) is 11.1 Å². The summed E-state index contributed by atoms with van der Waals surface area (Å²) < 4.78 is 5.72. The number of hydrogen-bond acceptors (Lipinski definition) is 5. The predicted molar refractivity (Wildman–Crippen MR) is 139 cm³/mol. The van der Waals surface area contributed by atoms with Gasteiger partial charge in [0.1, 0.15) is 11.1 Å². The third-order valence-corrected chi connectivity index (χ3v) is 6.30. The van der Waals surface area contributed by atoms with E-state index in [1.807, 2.05) is 75.4 Å². The van der Waals surface area contributed by atoms with Crippen LogP contribution in [0.2, 0.25) is 0 Å². The molecule has 36 heavy (non-hydrogen) atoms. The van der Waals surface area contributed by atoms with Crippen LogP contribution in [0.25, 0.3) is 11.1 Å². The number of carbonyl (C=O) groups excluding carboxylic acids is 3. The van der Waals surface area contributed by atoms with Gasteiger partial charge >= 0.3 is 5.97 Å². The van der Waals surface area contributed by atoms with Gasteiger partial charge in [-0.05, 0) is 62.4 Å². The van der Waals surface area contributed by atoms with Crippen molar-refractivity contribution in [1.82, 2.24) is 4.90 Å². The summed E-state index contributed by atoms with van der Waals surface area (Å²) in [5.74, 6) is -1.13. The first-order valence-electron chi connectivity index (χ1n) is 12.2. The van der Waals surface area contributed by atoms with Gasteiger partial charge in [-0.1, -0.05) is 66.7 Å². The molecule has 0 spiro atoms. The number of benzene rings is 3. The van der Waals surface area contributed by atoms with Gasteiger partial charge in [0.2, 0.25) is 0 Å². The highest BCUT2D eigenvalue weighted by molar-refractivity contribution is 6.21. The largest absolute Gasteiger partial charge is 0.459 e. The number of fused-ring (bicyclic) bond motifs is 1. The van der Waals surface area contributed by atoms with E-state index in [1.54, 1.807) is 24.3 Å². The zero-order valence-corrected chi connectivity index (χ0v) is 21.0. The average Bonchev–Trinajstić information content (AvgIpc) is 3.09. The summed E-state index contributed by atoms with van der Waals surface area (Å²) in [6.45, 7) is 5.60. The normalized spacial score (nSPS) is 14.9. The molecule has 0 saturated carbocycles. The van der Waals surface area contributed by atoms with Crippen molar-refractivity contribution in [2.45, 2.75) is 51.2 Å². The zero-order valence-electron chi connectivity index (χ0n) is 21.0. The highest BCUT2D eigenvalue weighted by Crippen LogP contribution is 2.30. The average molecular weight is 485 g/mol. The Hall–Kier alpha value is -3.77. The topological polar surface area (TPSA) is 89.7 Å². The summed E-state index contributed by atoms with van der Waals surface area (Å²) in [6, 6.07) is 24.6. The quantitative estimate of drug-likeness (QED) is 0.359. The molecule has 1 aliphatic heterocycles. The Morgan fingerprint density at radius 2 is 1.33 bits per heavy atom. The smallest absolute Gasteiger partial charge is 0.326 e. The van der Waals surface area contributed by atoms with Gasteiger partial charge in [0.15, 0.2) is 0 Å². The molecule has 6 heteroatoms. The van der Waals surface area contributed by atoms with Gasteiger partial charge in [0, 0.05) is 13.0 Å². The highest BCUT2D eigenvalue weighted by Gasteiger charge is 2.40. The first-order chi connectivity index (χ1) is 17.1. The van der Waals surface area contributed by atoms with Crippen LogP contribution in [0, 0.1) is 0 Å². The molecule has 1 heterocycles. The van der Waals surface area contributed by atoms with Gasteiger partial charge < -0.3 is 10.5 Å². The minimum atomic E-state index is -1.34. The lowest BCUT2D eigenvalue weighted by Gasteiger charge is -2.32. The van der Waals surface area contributed by atoms with Crippen LogP contribution < -0.4 is 5.73 Å². The van der Waals surface area contributed by atoms with Crippen molar-refractivity contribution in [3.05, 3.63) is 95.6 Å². The Kier molecular flexibility index (Phi) is 7.09. The van der Waals surface area contributed by atoms with Crippen LogP contribution >= 0.6 is 0 Å². The van der Waals surface area contributed by atoms with E-state index in [0.29, 0.717) is 17.5 Å². The van der Waals surface area contributed by atoms with Crippen molar-refractivity contribution < 1.29 is 19.1 Å². The summed E-state index contributed by atoms with van der Waals surface area (Å²) in [4.78, 5) is 40.1. The van der Waals surface area contributed by atoms with Crippen molar-refractivity contribution in [2.75, 3.05) is 6.54 Å². The maximum Gasteiger partial charge on any atom is 0.326 e. The summed E-state index contributed by atoms with van der Waals surface area (Å²) in [5, 5.41) is 0. The maximum atomic E-state index is 13.4. The molecule has 2 N–H and O–H groups in total. The molecule has 186 valence electrons. The van der Waals surface area contributed by atoms with Gasteiger partial charge in [0.05, 0.1) is 11.1 Å². The van der Waals surface area contributed by atoms with Gasteiger partial charge in [-0.2, -0.15) is 0 Å². The third-order valence-electron chi connectivity index (χ3n) is 6.30. The molecule has 0 bridgehead atoms. The van der Waals surface area contributed by atoms with Crippen molar-refractivity contribution in [2.24, 2.45) is 5.73 Å². The van der Waals surface area contributed by atoms with E-state index in [4.69, 9.17) is 10.5 Å². The summed E-state index contributed by atoms with van der Waals surface area (Å²) in [7, 11) is 0. The van der Waals surface area contributed by atoms with E-state index in [2.05, 4.69) is 0 Å². The highest BCUT2D eigenvalue weighted by atomic mass is 16.6. The molecule has 3 aromatic rings. The van der Waals surface area contributed by atoms with Gasteiger partial charge in [-0.25, -0.2) is 0 Å². The number of carbonyl (C=O) groups is 3. The van der Waals surface area contributed by atoms with Crippen molar-refractivity contribution in [1.29, 1.82) is 0 Å². The number of nitrogens with zero attached hydrogens (tertiary/aromatic N) is 1. The minimum absolute atomic E-state index is 0.175. The zero-order chi connectivity index (χ0) is 25.9. The molecule has 0 aromatic heterocycles. The summed E-state index contributed by atoms with van der Waals surface area (Å²) >= 11 is 0. The molecule has 1 aliphatic rings. The molecule has 3 aromatic carbocycles. The van der Waals surface area contributed by atoms with Crippen LogP contribution in [0.1, 0.15) is 59.9 Å². The predicted octanol–water partition coefficient (Wildman–Crippen LogP) is 5.01. The van der Waals surface area contributed by atoms with E-state index in [9.17, 15) is 14.4 Å². The summed E-state index contributed by atoms with van der Waals surface area (Å²) in [5.41, 5.74) is 8.54. The molecular formula is C30H32N2O4. The van der Waals surface area contributed by atoms with Crippen LogP contribution in [0.15, 0.2) is 78.9 Å². The minimum Gasteiger partial charge on any atom is -0.459 e. The monoisotopic (exact) mass is 484 g/mol. The fourth-order valence-corrected chi connectivity index (χ4v) is 4.55. The molecule has 0 aliphatic carbocycles. The van der Waals surface area contributed by atoms with Gasteiger partial charge in [0.25, 0.3) is 11.8 Å². The Bertz CT molecular complexity index is 1240. The van der Waals surface area contributed by atoms with Gasteiger partial charge in [-0.3, -0.25) is 19.3 Å². The fraction of sp³-hybridized carbons (Fsp3) is 0.300. The Morgan fingerprint density at radius 3 is 1.92 bits per heavy atom. The summed E-state index contributed by atoms with van der Waals surface area (Å²) in [6.07, 6.45) is 0.877. The van der Waals surface area contributed by atoms with E-state index in [1.165, 1.54) is 4.90 Å². The van der Waals surface area contributed by atoms with E-state index in [-0.39, 0.29) is 31.2 Å². The Morgan fingerprint density at radius 1 is 0.806 bits per heavy atom. The van der Waals surface area contributed by atoms with Crippen LogP contribution in [-0.2, 0) is 16.0 Å². The molecule has 4 rings (SSSR count). The number of hydrogen-bond donors (Lipinski definition) is 1.